The molecule has 2 N–H and O–H groups in total. The molecule has 0 saturated carbocycles. The van der Waals surface area contributed by atoms with E-state index in [1.807, 2.05) is 0 Å². The van der Waals surface area contributed by atoms with Gasteiger partial charge in [0.25, 0.3) is 5.91 Å². The number of aliphatic hydroxyl groups excluding tert-OH is 1. The van der Waals surface area contributed by atoms with Gasteiger partial charge in [-0.05, 0) is 12.0 Å². The molecule has 1 atom stereocenters. The van der Waals surface area contributed by atoms with Crippen molar-refractivity contribution in [2.75, 3.05) is 13.2 Å². The molecule has 0 aliphatic heterocycles. The van der Waals surface area contributed by atoms with Crippen molar-refractivity contribution in [3.05, 3.63) is 29.8 Å². The second-order valence-electron chi connectivity index (χ2n) is 3.37. The summed E-state index contributed by atoms with van der Waals surface area (Å²) in [4.78, 5) is 14.8. The van der Waals surface area contributed by atoms with Gasteiger partial charge in [-0.2, -0.15) is 4.39 Å². The Labute approximate surface area is 87.1 Å². The molecule has 0 bridgehead atoms. The van der Waals surface area contributed by atoms with Crippen molar-refractivity contribution >= 4 is 5.91 Å². The molecule has 1 aromatic heterocycles. The summed E-state index contributed by atoms with van der Waals surface area (Å²) in [7, 11) is 0. The Morgan fingerprint density at radius 3 is 3.07 bits per heavy atom. The van der Waals surface area contributed by atoms with E-state index in [9.17, 15) is 9.18 Å². The highest BCUT2D eigenvalue weighted by Crippen LogP contribution is 2.00. The van der Waals surface area contributed by atoms with E-state index in [-0.39, 0.29) is 24.0 Å². The highest BCUT2D eigenvalue weighted by Gasteiger charge is 2.08. The van der Waals surface area contributed by atoms with Crippen LogP contribution in [0.25, 0.3) is 0 Å². The van der Waals surface area contributed by atoms with Crippen LogP contribution in [0.4, 0.5) is 4.39 Å². The first kappa shape index (κ1) is 11.6. The Kier molecular flexibility index (Phi) is 4.17. The number of carbonyl (C=O) groups excluding carboxylic acids is 1. The van der Waals surface area contributed by atoms with Gasteiger partial charge in [0.1, 0.15) is 0 Å². The summed E-state index contributed by atoms with van der Waals surface area (Å²) < 4.78 is 12.7. The van der Waals surface area contributed by atoms with Crippen LogP contribution in [0.3, 0.4) is 0 Å². The number of nitrogens with zero attached hydrogens (tertiary/aromatic N) is 1. The van der Waals surface area contributed by atoms with Crippen LogP contribution < -0.4 is 5.32 Å². The molecule has 0 aliphatic rings. The zero-order chi connectivity index (χ0) is 11.3. The van der Waals surface area contributed by atoms with E-state index in [1.165, 1.54) is 12.3 Å². The number of aliphatic hydroxyl groups is 1. The van der Waals surface area contributed by atoms with Crippen molar-refractivity contribution in [3.8, 4) is 0 Å². The topological polar surface area (TPSA) is 62.2 Å². The van der Waals surface area contributed by atoms with Crippen LogP contribution in [0.1, 0.15) is 17.3 Å². The molecule has 1 amide bonds. The Hall–Kier alpha value is -1.49. The molecular weight excluding hydrogens is 199 g/mol. The molecule has 1 heterocycles. The number of aromatic nitrogens is 1. The normalized spacial score (nSPS) is 12.2. The number of halogens is 1. The molecule has 4 nitrogen and oxygen atoms in total. The summed E-state index contributed by atoms with van der Waals surface area (Å²) in [5.74, 6) is -1.06. The van der Waals surface area contributed by atoms with Gasteiger partial charge in [0, 0.05) is 31.0 Å². The first-order valence-electron chi connectivity index (χ1n) is 4.64. The largest absolute Gasteiger partial charge is 0.396 e. The number of amides is 1. The van der Waals surface area contributed by atoms with E-state index in [0.29, 0.717) is 6.54 Å². The highest BCUT2D eigenvalue weighted by atomic mass is 19.1. The fourth-order valence-corrected chi connectivity index (χ4v) is 0.977. The smallest absolute Gasteiger partial charge is 0.251 e. The fourth-order valence-electron chi connectivity index (χ4n) is 0.977. The quantitative estimate of drug-likeness (QED) is 0.717. The van der Waals surface area contributed by atoms with E-state index in [1.54, 1.807) is 6.92 Å². The zero-order valence-corrected chi connectivity index (χ0v) is 8.40. The lowest BCUT2D eigenvalue weighted by Crippen LogP contribution is -2.29. The summed E-state index contributed by atoms with van der Waals surface area (Å²) in [6.07, 6.45) is 1.24. The van der Waals surface area contributed by atoms with Crippen LogP contribution in [0.15, 0.2) is 18.3 Å². The first-order valence-corrected chi connectivity index (χ1v) is 4.64. The van der Waals surface area contributed by atoms with Gasteiger partial charge in [-0.25, -0.2) is 4.98 Å². The van der Waals surface area contributed by atoms with E-state index < -0.39 is 5.95 Å². The molecule has 0 fully saturated rings. The van der Waals surface area contributed by atoms with Crippen LogP contribution in [0.2, 0.25) is 0 Å². The molecule has 5 heteroatoms. The van der Waals surface area contributed by atoms with E-state index >= 15 is 0 Å². The van der Waals surface area contributed by atoms with Gasteiger partial charge in [-0.15, -0.1) is 0 Å². The number of nitrogens with one attached hydrogen (secondary N) is 1. The molecule has 1 unspecified atom stereocenters. The van der Waals surface area contributed by atoms with Crippen LogP contribution >= 0.6 is 0 Å². The van der Waals surface area contributed by atoms with E-state index in [2.05, 4.69) is 10.3 Å². The third-order valence-electron chi connectivity index (χ3n) is 1.91. The SMILES string of the molecule is CC(CO)CNC(=O)c1ccnc(F)c1. The Bertz CT molecular complexity index is 344. The summed E-state index contributed by atoms with van der Waals surface area (Å²) in [6.45, 7) is 2.16. The van der Waals surface area contributed by atoms with Gasteiger partial charge in [0.15, 0.2) is 0 Å². The lowest BCUT2D eigenvalue weighted by Gasteiger charge is -2.09. The average molecular weight is 212 g/mol. The minimum atomic E-state index is -0.683. The number of hydrogen-bond donors (Lipinski definition) is 2. The third kappa shape index (κ3) is 3.63. The highest BCUT2D eigenvalue weighted by molar-refractivity contribution is 5.93. The van der Waals surface area contributed by atoms with Gasteiger partial charge >= 0.3 is 0 Å². The van der Waals surface area contributed by atoms with Gasteiger partial charge in [-0.3, -0.25) is 4.79 Å². The van der Waals surface area contributed by atoms with E-state index in [4.69, 9.17) is 5.11 Å². The van der Waals surface area contributed by atoms with Crippen molar-refractivity contribution in [1.82, 2.24) is 10.3 Å². The summed E-state index contributed by atoms with van der Waals surface area (Å²) in [5.41, 5.74) is 0.229. The van der Waals surface area contributed by atoms with Crippen molar-refractivity contribution in [3.63, 3.8) is 0 Å². The second kappa shape index (κ2) is 5.41. The predicted octanol–water partition coefficient (Wildman–Crippen LogP) is 0.579. The summed E-state index contributed by atoms with van der Waals surface area (Å²) in [5, 5.41) is 11.3. The minimum Gasteiger partial charge on any atom is -0.396 e. The average Bonchev–Trinajstić information content (AvgIpc) is 2.25. The minimum absolute atomic E-state index is 0.00495. The summed E-state index contributed by atoms with van der Waals surface area (Å²) >= 11 is 0. The number of hydrogen-bond acceptors (Lipinski definition) is 3. The molecule has 0 aliphatic carbocycles. The van der Waals surface area contributed by atoms with Crippen molar-refractivity contribution in [1.29, 1.82) is 0 Å². The lowest BCUT2D eigenvalue weighted by atomic mass is 10.2. The Morgan fingerprint density at radius 1 is 1.73 bits per heavy atom. The van der Waals surface area contributed by atoms with Crippen LogP contribution in [0, 0.1) is 11.9 Å². The van der Waals surface area contributed by atoms with Crippen LogP contribution in [0.5, 0.6) is 0 Å². The molecule has 1 rings (SSSR count). The maximum Gasteiger partial charge on any atom is 0.251 e. The molecule has 0 spiro atoms. The van der Waals surface area contributed by atoms with Crippen LogP contribution in [-0.4, -0.2) is 29.1 Å². The molecule has 0 radical (unpaired) electrons. The van der Waals surface area contributed by atoms with Gasteiger partial charge in [-0.1, -0.05) is 6.92 Å². The summed E-state index contributed by atoms with van der Waals surface area (Å²) in [6, 6.07) is 2.50. The Balaban J connectivity index is 2.54. The maximum atomic E-state index is 12.7. The molecule has 1 aromatic rings. The standard InChI is InChI=1S/C10H13FN2O2/c1-7(6-14)5-13-10(15)8-2-3-12-9(11)4-8/h2-4,7,14H,5-6H2,1H3,(H,13,15). The zero-order valence-electron chi connectivity index (χ0n) is 8.40. The van der Waals surface area contributed by atoms with Crippen molar-refractivity contribution in [2.24, 2.45) is 5.92 Å². The third-order valence-corrected chi connectivity index (χ3v) is 1.91. The molecule has 15 heavy (non-hydrogen) atoms. The van der Waals surface area contributed by atoms with Gasteiger partial charge in [0.2, 0.25) is 5.95 Å². The predicted molar refractivity (Wildman–Crippen MR) is 52.8 cm³/mol. The second-order valence-corrected chi connectivity index (χ2v) is 3.37. The van der Waals surface area contributed by atoms with Crippen LogP contribution in [-0.2, 0) is 0 Å². The first-order chi connectivity index (χ1) is 7.13. The monoisotopic (exact) mass is 212 g/mol. The van der Waals surface area contributed by atoms with Gasteiger partial charge < -0.3 is 10.4 Å². The molecule has 0 saturated heterocycles. The molecular formula is C10H13FN2O2. The molecule has 82 valence electrons. The number of rotatable bonds is 4. The number of pyridine rings is 1. The molecule has 0 aromatic carbocycles. The number of carbonyl (C=O) groups is 1. The van der Waals surface area contributed by atoms with Crippen molar-refractivity contribution < 1.29 is 14.3 Å². The lowest BCUT2D eigenvalue weighted by molar-refractivity contribution is 0.0941. The maximum absolute atomic E-state index is 12.7. The fraction of sp³-hybridized carbons (Fsp3) is 0.400. The van der Waals surface area contributed by atoms with Gasteiger partial charge in [0.05, 0.1) is 0 Å². The Morgan fingerprint density at radius 2 is 2.47 bits per heavy atom. The van der Waals surface area contributed by atoms with Crippen molar-refractivity contribution in [2.45, 2.75) is 6.92 Å². The van der Waals surface area contributed by atoms with E-state index in [0.717, 1.165) is 6.07 Å².